The van der Waals surface area contributed by atoms with Crippen LogP contribution in [-0.2, 0) is 6.18 Å². The van der Waals surface area contributed by atoms with E-state index in [9.17, 15) is 18.0 Å². The molecule has 158 valence electrons. The molecule has 1 atom stereocenters. The van der Waals surface area contributed by atoms with Crippen LogP contribution < -0.4 is 5.32 Å². The second kappa shape index (κ2) is 9.37. The largest absolute Gasteiger partial charge is 0.418 e. The van der Waals surface area contributed by atoms with E-state index in [0.717, 1.165) is 25.8 Å². The molecule has 0 bridgehead atoms. The summed E-state index contributed by atoms with van der Waals surface area (Å²) in [7, 11) is 1.89. The number of hydrogen-bond acceptors (Lipinski definition) is 2. The number of benzene rings is 2. The van der Waals surface area contributed by atoms with Crippen LogP contribution in [0.1, 0.15) is 40.7 Å². The summed E-state index contributed by atoms with van der Waals surface area (Å²) >= 11 is 6.11. The summed E-state index contributed by atoms with van der Waals surface area (Å²) in [5.74, 6) is -0.591. The lowest BCUT2D eigenvalue weighted by Crippen LogP contribution is -2.48. The molecule has 1 heterocycles. The van der Waals surface area contributed by atoms with Crippen molar-refractivity contribution in [2.24, 2.45) is 0 Å². The maximum absolute atomic E-state index is 13.7. The average molecular weight is 447 g/mol. The van der Waals surface area contributed by atoms with Crippen LogP contribution in [0, 0.1) is 6.92 Å². The highest BCUT2D eigenvalue weighted by Crippen LogP contribution is 2.42. The van der Waals surface area contributed by atoms with Crippen LogP contribution in [-0.4, -0.2) is 30.6 Å². The first kappa shape index (κ1) is 23.5. The van der Waals surface area contributed by atoms with Gasteiger partial charge in [-0.15, -0.1) is 12.4 Å². The summed E-state index contributed by atoms with van der Waals surface area (Å²) in [6.45, 7) is 2.21. The molecule has 1 amide bonds. The third-order valence-electron chi connectivity index (χ3n) is 5.20. The molecule has 0 saturated carbocycles. The second-order valence-electron chi connectivity index (χ2n) is 7.12. The molecule has 1 aliphatic heterocycles. The molecule has 1 aliphatic rings. The highest BCUT2D eigenvalue weighted by atomic mass is 35.5. The molecule has 2 aromatic rings. The number of nitrogens with zero attached hydrogens (tertiary/aromatic N) is 1. The number of nitrogens with one attached hydrogen (secondary N) is 1. The van der Waals surface area contributed by atoms with Gasteiger partial charge in [0, 0.05) is 0 Å². The molecule has 29 heavy (non-hydrogen) atoms. The standard InChI is InChI=1S/C21H22ClF3N2O.ClH/c1-13-15(14-8-4-3-5-9-14)12-16(19(22)18(13)21(23,24)25)20(28)26-17-10-6-7-11-27(17)2;/h3-5,8-9,12,17H,6-7,10-11H2,1-2H3,(H,26,28);1H/t17-;/m0./s1. The third kappa shape index (κ3) is 5.05. The van der Waals surface area contributed by atoms with Crippen molar-refractivity contribution >= 4 is 29.9 Å². The summed E-state index contributed by atoms with van der Waals surface area (Å²) < 4.78 is 41.2. The number of carbonyl (C=O) groups is 1. The summed E-state index contributed by atoms with van der Waals surface area (Å²) in [5.41, 5.74) is -0.157. The highest BCUT2D eigenvalue weighted by molar-refractivity contribution is 6.35. The van der Waals surface area contributed by atoms with Gasteiger partial charge in [0.2, 0.25) is 0 Å². The predicted octanol–water partition coefficient (Wildman–Crippen LogP) is 5.93. The highest BCUT2D eigenvalue weighted by Gasteiger charge is 2.38. The lowest BCUT2D eigenvalue weighted by molar-refractivity contribution is -0.137. The zero-order chi connectivity index (χ0) is 20.5. The molecule has 0 spiro atoms. The lowest BCUT2D eigenvalue weighted by Gasteiger charge is -2.33. The fourth-order valence-electron chi connectivity index (χ4n) is 3.66. The van der Waals surface area contributed by atoms with Gasteiger partial charge in [-0.3, -0.25) is 9.69 Å². The van der Waals surface area contributed by atoms with Gasteiger partial charge in [-0.2, -0.15) is 13.2 Å². The molecule has 1 saturated heterocycles. The first-order valence-electron chi connectivity index (χ1n) is 9.17. The molecule has 8 heteroatoms. The summed E-state index contributed by atoms with van der Waals surface area (Å²) in [6, 6.07) is 10.2. The Bertz CT molecular complexity index is 872. The van der Waals surface area contributed by atoms with Gasteiger partial charge in [0.05, 0.1) is 22.3 Å². The number of amides is 1. The molecule has 0 radical (unpaired) electrons. The van der Waals surface area contributed by atoms with E-state index in [1.165, 1.54) is 13.0 Å². The van der Waals surface area contributed by atoms with Crippen LogP contribution in [0.5, 0.6) is 0 Å². The summed E-state index contributed by atoms with van der Waals surface area (Å²) in [5, 5.41) is 2.28. The van der Waals surface area contributed by atoms with E-state index >= 15 is 0 Å². The monoisotopic (exact) mass is 446 g/mol. The van der Waals surface area contributed by atoms with Crippen LogP contribution in [0.4, 0.5) is 13.2 Å². The Balaban J connectivity index is 0.00000300. The minimum absolute atomic E-state index is 0. The van der Waals surface area contributed by atoms with Crippen molar-refractivity contribution in [1.29, 1.82) is 0 Å². The Kier molecular flexibility index (Phi) is 7.60. The molecule has 0 aromatic heterocycles. The van der Waals surface area contributed by atoms with Crippen molar-refractivity contribution in [2.75, 3.05) is 13.6 Å². The van der Waals surface area contributed by atoms with Crippen molar-refractivity contribution < 1.29 is 18.0 Å². The van der Waals surface area contributed by atoms with E-state index in [0.29, 0.717) is 11.1 Å². The molecule has 3 rings (SSSR count). The number of carbonyl (C=O) groups excluding carboxylic acids is 1. The van der Waals surface area contributed by atoms with Gasteiger partial charge < -0.3 is 5.32 Å². The second-order valence-corrected chi connectivity index (χ2v) is 7.49. The molecule has 3 nitrogen and oxygen atoms in total. The summed E-state index contributed by atoms with van der Waals surface area (Å²) in [4.78, 5) is 14.9. The van der Waals surface area contributed by atoms with Crippen molar-refractivity contribution in [3.63, 3.8) is 0 Å². The number of likely N-dealkylation sites (tertiary alicyclic amines) is 1. The SMILES string of the molecule is Cc1c(-c2ccccc2)cc(C(=O)N[C@@H]2CCCCN2C)c(Cl)c1C(F)(F)F.Cl. The molecule has 2 aromatic carbocycles. The van der Waals surface area contributed by atoms with E-state index in [4.69, 9.17) is 11.6 Å². The van der Waals surface area contributed by atoms with Crippen molar-refractivity contribution in [2.45, 2.75) is 38.5 Å². The van der Waals surface area contributed by atoms with Gasteiger partial charge in [-0.05, 0) is 62.5 Å². The Labute approximate surface area is 179 Å². The summed E-state index contributed by atoms with van der Waals surface area (Å²) in [6.07, 6.45) is -2.13. The van der Waals surface area contributed by atoms with Crippen molar-refractivity contribution in [3.8, 4) is 11.1 Å². The smallest absolute Gasteiger partial charge is 0.336 e. The Morgan fingerprint density at radius 3 is 2.45 bits per heavy atom. The maximum atomic E-state index is 13.7. The molecule has 1 N–H and O–H groups in total. The normalized spacial score (nSPS) is 17.5. The van der Waals surface area contributed by atoms with Gasteiger partial charge in [-0.1, -0.05) is 41.9 Å². The lowest BCUT2D eigenvalue weighted by atomic mass is 9.93. The van der Waals surface area contributed by atoms with Crippen LogP contribution in [0.2, 0.25) is 5.02 Å². The van der Waals surface area contributed by atoms with E-state index in [-0.39, 0.29) is 29.7 Å². The van der Waals surface area contributed by atoms with Gasteiger partial charge >= 0.3 is 6.18 Å². The van der Waals surface area contributed by atoms with E-state index in [1.54, 1.807) is 30.3 Å². The minimum atomic E-state index is -4.66. The Morgan fingerprint density at radius 1 is 1.21 bits per heavy atom. The van der Waals surface area contributed by atoms with Gasteiger partial charge in [0.25, 0.3) is 5.91 Å². The molecule has 0 aliphatic carbocycles. The molecule has 0 unspecified atom stereocenters. The Morgan fingerprint density at radius 2 is 1.86 bits per heavy atom. The number of piperidine rings is 1. The third-order valence-corrected chi connectivity index (χ3v) is 5.60. The van der Waals surface area contributed by atoms with Crippen molar-refractivity contribution in [3.05, 3.63) is 58.1 Å². The van der Waals surface area contributed by atoms with E-state index in [1.807, 2.05) is 11.9 Å². The van der Waals surface area contributed by atoms with E-state index < -0.39 is 22.7 Å². The van der Waals surface area contributed by atoms with Crippen LogP contribution in [0.25, 0.3) is 11.1 Å². The minimum Gasteiger partial charge on any atom is -0.336 e. The zero-order valence-electron chi connectivity index (χ0n) is 16.1. The van der Waals surface area contributed by atoms with Gasteiger partial charge in [0.1, 0.15) is 0 Å². The van der Waals surface area contributed by atoms with E-state index in [2.05, 4.69) is 5.32 Å². The predicted molar refractivity (Wildman–Crippen MR) is 112 cm³/mol. The number of halogens is 5. The van der Waals surface area contributed by atoms with Crippen LogP contribution in [0.15, 0.2) is 36.4 Å². The zero-order valence-corrected chi connectivity index (χ0v) is 17.7. The van der Waals surface area contributed by atoms with Crippen LogP contribution in [0.3, 0.4) is 0 Å². The molecule has 1 fully saturated rings. The van der Waals surface area contributed by atoms with Gasteiger partial charge in [-0.25, -0.2) is 0 Å². The first-order valence-corrected chi connectivity index (χ1v) is 9.54. The molecular weight excluding hydrogens is 424 g/mol. The fraction of sp³-hybridized carbons (Fsp3) is 0.381. The fourth-order valence-corrected chi connectivity index (χ4v) is 4.05. The average Bonchev–Trinajstić information content (AvgIpc) is 2.63. The topological polar surface area (TPSA) is 32.3 Å². The number of alkyl halides is 3. The first-order chi connectivity index (χ1) is 13.2. The van der Waals surface area contributed by atoms with Crippen molar-refractivity contribution in [1.82, 2.24) is 10.2 Å². The molecular formula is C21H23Cl2F3N2O. The quantitative estimate of drug-likeness (QED) is 0.633. The van der Waals surface area contributed by atoms with Gasteiger partial charge in [0.15, 0.2) is 0 Å². The van der Waals surface area contributed by atoms with Crippen LogP contribution >= 0.6 is 24.0 Å². The Hall–Kier alpha value is -1.76. The number of hydrogen-bond donors (Lipinski definition) is 1. The number of rotatable bonds is 3. The maximum Gasteiger partial charge on any atom is 0.418 e.